The number of hydrogen-bond donors (Lipinski definition) is 1. The Kier molecular flexibility index (Phi) is 4.63. The lowest BCUT2D eigenvalue weighted by molar-refractivity contribution is 0.00225. The summed E-state index contributed by atoms with van der Waals surface area (Å²) in [5, 5.41) is 7.53. The Morgan fingerprint density at radius 1 is 1.29 bits per heavy atom. The molecule has 0 fully saturated rings. The van der Waals surface area contributed by atoms with Crippen LogP contribution in [0.3, 0.4) is 0 Å². The van der Waals surface area contributed by atoms with Crippen molar-refractivity contribution < 1.29 is 9.23 Å². The fraction of sp³-hybridized carbons (Fsp3) is 0.333. The second-order valence-electron chi connectivity index (χ2n) is 4.36. The molecular formula is C12H16FN3O. The largest absolute Gasteiger partial charge is 0.390 e. The molecule has 0 atom stereocenters. The SMILES string of the molecule is CC(C)(C)ON=CC=NNc1cccc(F)c1. The Balaban J connectivity index is 2.36. The van der Waals surface area contributed by atoms with E-state index in [1.807, 2.05) is 20.8 Å². The lowest BCUT2D eigenvalue weighted by atomic mass is 10.2. The number of oxime groups is 1. The molecule has 0 bridgehead atoms. The first-order valence-corrected chi connectivity index (χ1v) is 5.22. The number of nitrogens with one attached hydrogen (secondary N) is 1. The lowest BCUT2D eigenvalue weighted by Crippen LogP contribution is -2.15. The summed E-state index contributed by atoms with van der Waals surface area (Å²) in [4.78, 5) is 5.09. The first-order valence-electron chi connectivity index (χ1n) is 5.22. The van der Waals surface area contributed by atoms with Gasteiger partial charge in [-0.2, -0.15) is 5.10 Å². The molecule has 0 saturated heterocycles. The molecule has 0 unspecified atom stereocenters. The van der Waals surface area contributed by atoms with Crippen LogP contribution < -0.4 is 5.43 Å². The number of halogens is 1. The molecule has 0 spiro atoms. The highest BCUT2D eigenvalue weighted by atomic mass is 19.1. The van der Waals surface area contributed by atoms with Gasteiger partial charge in [-0.1, -0.05) is 11.2 Å². The van der Waals surface area contributed by atoms with E-state index < -0.39 is 0 Å². The first-order chi connectivity index (χ1) is 7.97. The molecule has 4 nitrogen and oxygen atoms in total. The van der Waals surface area contributed by atoms with Crippen LogP contribution in [0.4, 0.5) is 10.1 Å². The summed E-state index contributed by atoms with van der Waals surface area (Å²) < 4.78 is 12.8. The zero-order valence-electron chi connectivity index (χ0n) is 10.1. The van der Waals surface area contributed by atoms with E-state index in [1.54, 1.807) is 12.1 Å². The molecule has 0 amide bonds. The Morgan fingerprint density at radius 2 is 2.06 bits per heavy atom. The van der Waals surface area contributed by atoms with E-state index in [0.717, 1.165) is 0 Å². The molecule has 1 N–H and O–H groups in total. The van der Waals surface area contributed by atoms with E-state index in [1.165, 1.54) is 24.6 Å². The van der Waals surface area contributed by atoms with Crippen molar-refractivity contribution in [1.29, 1.82) is 0 Å². The van der Waals surface area contributed by atoms with Gasteiger partial charge in [0.05, 0.1) is 18.1 Å². The highest BCUT2D eigenvalue weighted by Gasteiger charge is 2.08. The van der Waals surface area contributed by atoms with Crippen molar-refractivity contribution in [3.63, 3.8) is 0 Å². The second kappa shape index (κ2) is 5.98. The van der Waals surface area contributed by atoms with E-state index in [2.05, 4.69) is 15.7 Å². The molecule has 0 aliphatic heterocycles. The summed E-state index contributed by atoms with van der Waals surface area (Å²) in [6.45, 7) is 5.69. The monoisotopic (exact) mass is 237 g/mol. The molecular weight excluding hydrogens is 221 g/mol. The molecule has 17 heavy (non-hydrogen) atoms. The number of hydrogen-bond acceptors (Lipinski definition) is 4. The molecule has 0 radical (unpaired) electrons. The zero-order chi connectivity index (χ0) is 12.7. The topological polar surface area (TPSA) is 46.0 Å². The van der Waals surface area contributed by atoms with Gasteiger partial charge in [0.1, 0.15) is 11.4 Å². The normalized spacial score (nSPS) is 12.2. The Hall–Kier alpha value is -1.91. The quantitative estimate of drug-likeness (QED) is 0.646. The van der Waals surface area contributed by atoms with E-state index in [4.69, 9.17) is 4.84 Å². The Morgan fingerprint density at radius 3 is 2.71 bits per heavy atom. The summed E-state index contributed by atoms with van der Waals surface area (Å²) in [5.41, 5.74) is 2.92. The van der Waals surface area contributed by atoms with Gasteiger partial charge in [0.25, 0.3) is 0 Å². The Bertz CT molecular complexity index is 410. The molecule has 0 aliphatic carbocycles. The minimum atomic E-state index is -0.319. The van der Waals surface area contributed by atoms with Crippen LogP contribution in [-0.2, 0) is 4.84 Å². The van der Waals surface area contributed by atoms with Gasteiger partial charge in [0.2, 0.25) is 0 Å². The fourth-order valence-corrected chi connectivity index (χ4v) is 0.919. The highest BCUT2D eigenvalue weighted by molar-refractivity contribution is 6.15. The molecule has 0 heterocycles. The van der Waals surface area contributed by atoms with Gasteiger partial charge in [-0.3, -0.25) is 5.43 Å². The van der Waals surface area contributed by atoms with E-state index in [9.17, 15) is 4.39 Å². The third-order valence-electron chi connectivity index (χ3n) is 1.55. The molecule has 0 aliphatic rings. The van der Waals surface area contributed by atoms with Crippen molar-refractivity contribution in [3.8, 4) is 0 Å². The van der Waals surface area contributed by atoms with Crippen LogP contribution in [0.1, 0.15) is 20.8 Å². The fourth-order valence-electron chi connectivity index (χ4n) is 0.919. The van der Waals surface area contributed by atoms with Crippen LogP contribution in [-0.4, -0.2) is 18.0 Å². The van der Waals surface area contributed by atoms with Gasteiger partial charge < -0.3 is 4.84 Å². The number of anilines is 1. The van der Waals surface area contributed by atoms with E-state index >= 15 is 0 Å². The third-order valence-corrected chi connectivity index (χ3v) is 1.55. The van der Waals surface area contributed by atoms with Crippen molar-refractivity contribution in [2.75, 3.05) is 5.43 Å². The number of nitrogens with zero attached hydrogens (tertiary/aromatic N) is 2. The van der Waals surface area contributed by atoms with Gasteiger partial charge in [0, 0.05) is 0 Å². The number of hydrazone groups is 1. The average Bonchev–Trinajstić information content (AvgIpc) is 2.22. The third kappa shape index (κ3) is 6.29. The van der Waals surface area contributed by atoms with Crippen LogP contribution in [0.5, 0.6) is 0 Å². The molecule has 5 heteroatoms. The van der Waals surface area contributed by atoms with Crippen molar-refractivity contribution >= 4 is 18.1 Å². The molecule has 1 aromatic carbocycles. The number of rotatable bonds is 4. The highest BCUT2D eigenvalue weighted by Crippen LogP contribution is 2.08. The predicted octanol–water partition coefficient (Wildman–Crippen LogP) is 3.02. The zero-order valence-corrected chi connectivity index (χ0v) is 10.1. The molecule has 0 saturated carbocycles. The van der Waals surface area contributed by atoms with Gasteiger partial charge in [0.15, 0.2) is 0 Å². The van der Waals surface area contributed by atoms with Crippen molar-refractivity contribution in [1.82, 2.24) is 0 Å². The molecule has 1 aromatic rings. The first kappa shape index (κ1) is 13.2. The van der Waals surface area contributed by atoms with Crippen molar-refractivity contribution in [2.45, 2.75) is 26.4 Å². The van der Waals surface area contributed by atoms with Crippen LogP contribution in [0.25, 0.3) is 0 Å². The van der Waals surface area contributed by atoms with Crippen LogP contribution in [0, 0.1) is 5.82 Å². The maximum atomic E-state index is 12.8. The summed E-state index contributed by atoms with van der Waals surface area (Å²) >= 11 is 0. The second-order valence-corrected chi connectivity index (χ2v) is 4.36. The summed E-state index contributed by atoms with van der Waals surface area (Å²) in [6.07, 6.45) is 2.84. The van der Waals surface area contributed by atoms with E-state index in [-0.39, 0.29) is 11.4 Å². The number of benzene rings is 1. The van der Waals surface area contributed by atoms with Crippen LogP contribution >= 0.6 is 0 Å². The van der Waals surface area contributed by atoms with Crippen molar-refractivity contribution in [3.05, 3.63) is 30.1 Å². The van der Waals surface area contributed by atoms with E-state index in [0.29, 0.717) is 5.69 Å². The summed E-state index contributed by atoms with van der Waals surface area (Å²) in [6, 6.07) is 6.03. The summed E-state index contributed by atoms with van der Waals surface area (Å²) in [7, 11) is 0. The minimum Gasteiger partial charge on any atom is -0.390 e. The maximum absolute atomic E-state index is 12.8. The maximum Gasteiger partial charge on any atom is 0.129 e. The minimum absolute atomic E-state index is 0.310. The van der Waals surface area contributed by atoms with Crippen LogP contribution in [0.15, 0.2) is 34.5 Å². The average molecular weight is 237 g/mol. The van der Waals surface area contributed by atoms with Gasteiger partial charge in [-0.25, -0.2) is 4.39 Å². The van der Waals surface area contributed by atoms with Gasteiger partial charge >= 0.3 is 0 Å². The van der Waals surface area contributed by atoms with Gasteiger partial charge in [-0.15, -0.1) is 0 Å². The predicted molar refractivity (Wildman–Crippen MR) is 67.8 cm³/mol. The summed E-state index contributed by atoms with van der Waals surface area (Å²) in [5.74, 6) is -0.310. The molecule has 0 aromatic heterocycles. The standard InChI is InChI=1S/C12H16FN3O/c1-12(2,3)17-15-8-7-14-16-11-6-4-5-10(13)9-11/h4-9,16H,1-3H3. The van der Waals surface area contributed by atoms with Crippen LogP contribution in [0.2, 0.25) is 0 Å². The lowest BCUT2D eigenvalue weighted by Gasteiger charge is -2.14. The Labute approximate surface area is 100 Å². The molecule has 1 rings (SSSR count). The smallest absolute Gasteiger partial charge is 0.129 e. The van der Waals surface area contributed by atoms with Crippen molar-refractivity contribution in [2.24, 2.45) is 10.3 Å². The van der Waals surface area contributed by atoms with Gasteiger partial charge in [-0.05, 0) is 39.0 Å². The molecule has 92 valence electrons.